The maximum atomic E-state index is 13.2. The number of amides is 1. The SMILES string of the molecule is CCc1cccc(NC(=O)[C@H]2CCCCN2S(=O)(=O)c2ccc(F)cc2)c1. The zero-order chi connectivity index (χ0) is 19.4. The first kappa shape index (κ1) is 19.5. The van der Waals surface area contributed by atoms with E-state index in [-0.39, 0.29) is 17.3 Å². The van der Waals surface area contributed by atoms with Crippen molar-refractivity contribution in [2.24, 2.45) is 0 Å². The molecule has 0 saturated carbocycles. The van der Waals surface area contributed by atoms with Gasteiger partial charge < -0.3 is 5.32 Å². The monoisotopic (exact) mass is 390 g/mol. The fourth-order valence-electron chi connectivity index (χ4n) is 3.29. The molecule has 0 radical (unpaired) electrons. The van der Waals surface area contributed by atoms with Crippen LogP contribution >= 0.6 is 0 Å². The summed E-state index contributed by atoms with van der Waals surface area (Å²) in [6, 6.07) is 11.4. The van der Waals surface area contributed by atoms with Crippen LogP contribution < -0.4 is 5.32 Å². The van der Waals surface area contributed by atoms with Gasteiger partial charge in [0.25, 0.3) is 0 Å². The molecule has 1 aliphatic heterocycles. The van der Waals surface area contributed by atoms with E-state index in [0.29, 0.717) is 18.5 Å². The highest BCUT2D eigenvalue weighted by Gasteiger charge is 2.37. The molecular weight excluding hydrogens is 367 g/mol. The van der Waals surface area contributed by atoms with Crippen molar-refractivity contribution in [1.82, 2.24) is 4.31 Å². The van der Waals surface area contributed by atoms with Crippen LogP contribution in [0.25, 0.3) is 0 Å². The topological polar surface area (TPSA) is 66.5 Å². The Morgan fingerprint density at radius 3 is 2.63 bits per heavy atom. The molecule has 2 aromatic carbocycles. The first-order valence-corrected chi connectivity index (χ1v) is 10.5. The quantitative estimate of drug-likeness (QED) is 0.849. The van der Waals surface area contributed by atoms with Gasteiger partial charge in [0.1, 0.15) is 11.9 Å². The predicted molar refractivity (Wildman–Crippen MR) is 102 cm³/mol. The molecule has 0 spiro atoms. The van der Waals surface area contributed by atoms with E-state index in [9.17, 15) is 17.6 Å². The summed E-state index contributed by atoms with van der Waals surface area (Å²) in [5, 5.41) is 2.84. The third-order valence-corrected chi connectivity index (χ3v) is 6.70. The fourth-order valence-corrected chi connectivity index (χ4v) is 4.95. The van der Waals surface area contributed by atoms with Crippen molar-refractivity contribution < 1.29 is 17.6 Å². The highest BCUT2D eigenvalue weighted by atomic mass is 32.2. The molecule has 144 valence electrons. The van der Waals surface area contributed by atoms with Crippen LogP contribution in [0.5, 0.6) is 0 Å². The first-order chi connectivity index (χ1) is 12.9. The number of anilines is 1. The lowest BCUT2D eigenvalue weighted by molar-refractivity contribution is -0.120. The molecular formula is C20H23FN2O3S. The molecule has 1 fully saturated rings. The van der Waals surface area contributed by atoms with E-state index in [1.165, 1.54) is 16.4 Å². The predicted octanol–water partition coefficient (Wildman–Crippen LogP) is 3.57. The average Bonchev–Trinajstić information content (AvgIpc) is 2.68. The van der Waals surface area contributed by atoms with E-state index in [1.54, 1.807) is 6.07 Å². The van der Waals surface area contributed by atoms with E-state index in [1.807, 2.05) is 25.1 Å². The summed E-state index contributed by atoms with van der Waals surface area (Å²) in [6.07, 6.45) is 2.77. The molecule has 7 heteroatoms. The summed E-state index contributed by atoms with van der Waals surface area (Å²) >= 11 is 0. The summed E-state index contributed by atoms with van der Waals surface area (Å²) in [5.41, 5.74) is 1.75. The van der Waals surface area contributed by atoms with Gasteiger partial charge >= 0.3 is 0 Å². The van der Waals surface area contributed by atoms with Crippen molar-refractivity contribution in [1.29, 1.82) is 0 Å². The fraction of sp³-hybridized carbons (Fsp3) is 0.350. The molecule has 1 heterocycles. The number of nitrogens with zero attached hydrogens (tertiary/aromatic N) is 1. The van der Waals surface area contributed by atoms with Crippen molar-refractivity contribution in [2.45, 2.75) is 43.5 Å². The molecule has 2 aromatic rings. The van der Waals surface area contributed by atoms with Crippen LogP contribution in [-0.2, 0) is 21.2 Å². The number of aryl methyl sites for hydroxylation is 1. The van der Waals surface area contributed by atoms with E-state index >= 15 is 0 Å². The largest absolute Gasteiger partial charge is 0.325 e. The van der Waals surface area contributed by atoms with Gasteiger partial charge in [0.05, 0.1) is 4.90 Å². The van der Waals surface area contributed by atoms with Crippen LogP contribution in [0.15, 0.2) is 53.4 Å². The molecule has 27 heavy (non-hydrogen) atoms. The second kappa shape index (κ2) is 8.19. The summed E-state index contributed by atoms with van der Waals surface area (Å²) in [5.74, 6) is -0.841. The minimum atomic E-state index is -3.87. The van der Waals surface area contributed by atoms with Crippen LogP contribution in [0.4, 0.5) is 10.1 Å². The van der Waals surface area contributed by atoms with Crippen LogP contribution in [0.3, 0.4) is 0 Å². The van der Waals surface area contributed by atoms with E-state index in [2.05, 4.69) is 5.32 Å². The van der Waals surface area contributed by atoms with Crippen molar-refractivity contribution in [3.8, 4) is 0 Å². The van der Waals surface area contributed by atoms with Crippen molar-refractivity contribution >= 4 is 21.6 Å². The Balaban J connectivity index is 1.84. The summed E-state index contributed by atoms with van der Waals surface area (Å²) in [7, 11) is -3.87. The third kappa shape index (κ3) is 4.36. The van der Waals surface area contributed by atoms with Gasteiger partial charge in [0, 0.05) is 12.2 Å². The lowest BCUT2D eigenvalue weighted by Gasteiger charge is -2.33. The van der Waals surface area contributed by atoms with Gasteiger partial charge in [0.15, 0.2) is 0 Å². The van der Waals surface area contributed by atoms with Gasteiger partial charge in [-0.1, -0.05) is 25.5 Å². The highest BCUT2D eigenvalue weighted by Crippen LogP contribution is 2.26. The molecule has 1 N–H and O–H groups in total. The number of benzene rings is 2. The molecule has 3 rings (SSSR count). The number of hydrogen-bond donors (Lipinski definition) is 1. The zero-order valence-electron chi connectivity index (χ0n) is 15.2. The molecule has 0 bridgehead atoms. The van der Waals surface area contributed by atoms with Crippen molar-refractivity contribution in [2.75, 3.05) is 11.9 Å². The standard InChI is InChI=1S/C20H23FN2O3S/c1-2-15-6-5-7-17(14-15)22-20(24)19-8-3-4-13-23(19)27(25,26)18-11-9-16(21)10-12-18/h5-7,9-12,14,19H,2-4,8,13H2,1H3,(H,22,24)/t19-/m1/s1. The number of sulfonamides is 1. The van der Waals surface area contributed by atoms with Crippen molar-refractivity contribution in [3.63, 3.8) is 0 Å². The molecule has 1 saturated heterocycles. The third-order valence-electron chi connectivity index (χ3n) is 4.78. The smallest absolute Gasteiger partial charge is 0.243 e. The lowest BCUT2D eigenvalue weighted by Crippen LogP contribution is -2.49. The number of hydrogen-bond acceptors (Lipinski definition) is 3. The van der Waals surface area contributed by atoms with Gasteiger partial charge in [-0.15, -0.1) is 0 Å². The Kier molecular flexibility index (Phi) is 5.92. The lowest BCUT2D eigenvalue weighted by atomic mass is 10.0. The Labute approximate surface area is 159 Å². The van der Waals surface area contributed by atoms with Gasteiger partial charge in [-0.05, 0) is 61.2 Å². The number of carbonyl (C=O) groups is 1. The van der Waals surface area contributed by atoms with Crippen molar-refractivity contribution in [3.05, 3.63) is 59.9 Å². The van der Waals surface area contributed by atoms with E-state index in [4.69, 9.17) is 0 Å². The number of rotatable bonds is 5. The van der Waals surface area contributed by atoms with Gasteiger partial charge in [-0.2, -0.15) is 4.31 Å². The zero-order valence-corrected chi connectivity index (χ0v) is 16.0. The number of piperidine rings is 1. The van der Waals surface area contributed by atoms with Gasteiger partial charge in [0.2, 0.25) is 15.9 Å². The minimum absolute atomic E-state index is 0.00317. The maximum Gasteiger partial charge on any atom is 0.243 e. The average molecular weight is 390 g/mol. The highest BCUT2D eigenvalue weighted by molar-refractivity contribution is 7.89. The Morgan fingerprint density at radius 1 is 1.19 bits per heavy atom. The summed E-state index contributed by atoms with van der Waals surface area (Å²) in [6.45, 7) is 2.30. The number of halogens is 1. The molecule has 0 aromatic heterocycles. The maximum absolute atomic E-state index is 13.2. The Hall–Kier alpha value is -2.25. The normalized spacial score (nSPS) is 18.2. The number of nitrogens with one attached hydrogen (secondary N) is 1. The molecule has 5 nitrogen and oxygen atoms in total. The second-order valence-electron chi connectivity index (χ2n) is 6.62. The summed E-state index contributed by atoms with van der Waals surface area (Å²) < 4.78 is 40.4. The minimum Gasteiger partial charge on any atom is -0.325 e. The number of carbonyl (C=O) groups excluding carboxylic acids is 1. The summed E-state index contributed by atoms with van der Waals surface area (Å²) in [4.78, 5) is 12.8. The molecule has 1 amide bonds. The van der Waals surface area contributed by atoms with E-state index in [0.717, 1.165) is 30.5 Å². The Bertz CT molecular complexity index is 913. The van der Waals surface area contributed by atoms with Crippen LogP contribution in [0.2, 0.25) is 0 Å². The van der Waals surface area contributed by atoms with E-state index < -0.39 is 21.9 Å². The van der Waals surface area contributed by atoms with Crippen LogP contribution in [0, 0.1) is 5.82 Å². The van der Waals surface area contributed by atoms with Crippen LogP contribution in [0.1, 0.15) is 31.7 Å². The molecule has 1 atom stereocenters. The van der Waals surface area contributed by atoms with Crippen LogP contribution in [-0.4, -0.2) is 31.2 Å². The molecule has 0 aliphatic carbocycles. The molecule has 1 aliphatic rings. The van der Waals surface area contributed by atoms with Gasteiger partial charge in [-0.3, -0.25) is 4.79 Å². The van der Waals surface area contributed by atoms with Gasteiger partial charge in [-0.25, -0.2) is 12.8 Å². The first-order valence-electron chi connectivity index (χ1n) is 9.09. The second-order valence-corrected chi connectivity index (χ2v) is 8.51. The Morgan fingerprint density at radius 2 is 1.93 bits per heavy atom. The molecule has 0 unspecified atom stereocenters.